The Morgan fingerprint density at radius 3 is 2.64 bits per heavy atom. The van der Waals surface area contributed by atoms with Crippen LogP contribution in [0.5, 0.6) is 0 Å². The summed E-state index contributed by atoms with van der Waals surface area (Å²) >= 11 is 0. The van der Waals surface area contributed by atoms with E-state index in [9.17, 15) is 5.26 Å². The first-order chi connectivity index (χ1) is 10.6. The van der Waals surface area contributed by atoms with Gasteiger partial charge in [0.1, 0.15) is 6.23 Å². The SMILES string of the molecule is CC(C)(C#N)c1ccc(-c2cnn([C@@H]3CCCCO3)c2)cc1. The van der Waals surface area contributed by atoms with Crippen LogP contribution < -0.4 is 0 Å². The molecule has 0 radical (unpaired) electrons. The quantitative estimate of drug-likeness (QED) is 0.858. The highest BCUT2D eigenvalue weighted by Gasteiger charge is 2.20. The monoisotopic (exact) mass is 295 g/mol. The van der Waals surface area contributed by atoms with E-state index in [-0.39, 0.29) is 6.23 Å². The first kappa shape index (κ1) is 14.8. The van der Waals surface area contributed by atoms with Crippen LogP contribution in [0.1, 0.15) is 44.9 Å². The molecule has 1 aliphatic heterocycles. The van der Waals surface area contributed by atoms with Gasteiger partial charge < -0.3 is 4.74 Å². The van der Waals surface area contributed by atoms with E-state index >= 15 is 0 Å². The summed E-state index contributed by atoms with van der Waals surface area (Å²) in [6, 6.07) is 10.5. The van der Waals surface area contributed by atoms with Gasteiger partial charge >= 0.3 is 0 Å². The van der Waals surface area contributed by atoms with Gasteiger partial charge in [0.15, 0.2) is 0 Å². The molecule has 0 amide bonds. The van der Waals surface area contributed by atoms with E-state index in [0.717, 1.165) is 36.1 Å². The molecular formula is C18H21N3O. The van der Waals surface area contributed by atoms with Gasteiger partial charge in [0.25, 0.3) is 0 Å². The van der Waals surface area contributed by atoms with E-state index in [1.165, 1.54) is 6.42 Å². The molecule has 3 rings (SSSR count). The summed E-state index contributed by atoms with van der Waals surface area (Å²) < 4.78 is 7.67. The molecular weight excluding hydrogens is 274 g/mol. The fourth-order valence-corrected chi connectivity index (χ4v) is 2.72. The van der Waals surface area contributed by atoms with Crippen molar-refractivity contribution in [2.45, 2.75) is 44.8 Å². The summed E-state index contributed by atoms with van der Waals surface area (Å²) in [7, 11) is 0. The number of nitriles is 1. The fourth-order valence-electron chi connectivity index (χ4n) is 2.72. The molecule has 22 heavy (non-hydrogen) atoms. The number of rotatable bonds is 3. The molecule has 0 aliphatic carbocycles. The van der Waals surface area contributed by atoms with Crippen molar-refractivity contribution < 1.29 is 4.74 Å². The largest absolute Gasteiger partial charge is 0.357 e. The van der Waals surface area contributed by atoms with Crippen LogP contribution in [0.15, 0.2) is 36.7 Å². The molecule has 2 heterocycles. The Hall–Kier alpha value is -2.12. The second-order valence-corrected chi connectivity index (χ2v) is 6.34. The molecule has 114 valence electrons. The number of ether oxygens (including phenoxy) is 1. The molecule has 4 heteroatoms. The topological polar surface area (TPSA) is 50.8 Å². The van der Waals surface area contributed by atoms with Gasteiger partial charge in [0, 0.05) is 18.4 Å². The molecule has 1 atom stereocenters. The normalized spacial score (nSPS) is 18.9. The highest BCUT2D eigenvalue weighted by Crippen LogP contribution is 2.28. The summed E-state index contributed by atoms with van der Waals surface area (Å²) in [5.41, 5.74) is 2.76. The summed E-state index contributed by atoms with van der Waals surface area (Å²) in [6.07, 6.45) is 7.34. The molecule has 1 fully saturated rings. The highest BCUT2D eigenvalue weighted by molar-refractivity contribution is 5.62. The second-order valence-electron chi connectivity index (χ2n) is 6.34. The molecule has 0 unspecified atom stereocenters. The van der Waals surface area contributed by atoms with Gasteiger partial charge in [-0.15, -0.1) is 0 Å². The van der Waals surface area contributed by atoms with Gasteiger partial charge in [0.05, 0.1) is 17.7 Å². The Kier molecular flexibility index (Phi) is 4.00. The second kappa shape index (κ2) is 5.94. The van der Waals surface area contributed by atoms with E-state index in [4.69, 9.17) is 4.74 Å². The Morgan fingerprint density at radius 2 is 2.00 bits per heavy atom. The third-order valence-electron chi connectivity index (χ3n) is 4.27. The lowest BCUT2D eigenvalue weighted by Crippen LogP contribution is -2.18. The van der Waals surface area contributed by atoms with E-state index in [1.807, 2.05) is 43.1 Å². The van der Waals surface area contributed by atoms with Gasteiger partial charge in [-0.25, -0.2) is 4.68 Å². The maximum Gasteiger partial charge on any atom is 0.150 e. The molecule has 0 spiro atoms. The van der Waals surface area contributed by atoms with Crippen molar-refractivity contribution in [3.05, 3.63) is 42.2 Å². The Bertz CT molecular complexity index is 673. The number of hydrogen-bond acceptors (Lipinski definition) is 3. The van der Waals surface area contributed by atoms with Crippen molar-refractivity contribution in [2.24, 2.45) is 0 Å². The zero-order valence-corrected chi connectivity index (χ0v) is 13.1. The van der Waals surface area contributed by atoms with Crippen LogP contribution >= 0.6 is 0 Å². The Morgan fingerprint density at radius 1 is 1.23 bits per heavy atom. The zero-order valence-electron chi connectivity index (χ0n) is 13.1. The average molecular weight is 295 g/mol. The van der Waals surface area contributed by atoms with Crippen LogP contribution in [0.25, 0.3) is 11.1 Å². The summed E-state index contributed by atoms with van der Waals surface area (Å²) in [5.74, 6) is 0. The minimum atomic E-state index is -0.460. The van der Waals surface area contributed by atoms with E-state index in [1.54, 1.807) is 0 Å². The van der Waals surface area contributed by atoms with Gasteiger partial charge in [-0.2, -0.15) is 10.4 Å². The zero-order chi connectivity index (χ0) is 15.6. The van der Waals surface area contributed by atoms with E-state index < -0.39 is 5.41 Å². The first-order valence-electron chi connectivity index (χ1n) is 7.78. The summed E-state index contributed by atoms with van der Waals surface area (Å²) in [6.45, 7) is 4.68. The molecule has 0 bridgehead atoms. The Labute approximate surface area is 131 Å². The molecule has 0 saturated carbocycles. The number of nitrogens with zero attached hydrogens (tertiary/aromatic N) is 3. The lowest BCUT2D eigenvalue weighted by Gasteiger charge is -2.22. The molecule has 4 nitrogen and oxygen atoms in total. The maximum atomic E-state index is 9.20. The van der Waals surface area contributed by atoms with Gasteiger partial charge in [-0.1, -0.05) is 24.3 Å². The van der Waals surface area contributed by atoms with Crippen molar-refractivity contribution in [1.29, 1.82) is 5.26 Å². The number of hydrogen-bond donors (Lipinski definition) is 0. The molecule has 2 aromatic rings. The lowest BCUT2D eigenvalue weighted by atomic mass is 9.86. The minimum Gasteiger partial charge on any atom is -0.357 e. The van der Waals surface area contributed by atoms with Crippen LogP contribution in [0, 0.1) is 11.3 Å². The van der Waals surface area contributed by atoms with E-state index in [2.05, 4.69) is 23.3 Å². The third-order valence-corrected chi connectivity index (χ3v) is 4.27. The predicted octanol–water partition coefficient (Wildman–Crippen LogP) is 4.05. The smallest absolute Gasteiger partial charge is 0.150 e. The minimum absolute atomic E-state index is 0.0688. The van der Waals surface area contributed by atoms with Gasteiger partial charge in [0.2, 0.25) is 0 Å². The first-order valence-corrected chi connectivity index (χ1v) is 7.78. The number of aromatic nitrogens is 2. The average Bonchev–Trinajstić information content (AvgIpc) is 3.06. The van der Waals surface area contributed by atoms with Gasteiger partial charge in [-0.05, 0) is 44.2 Å². The standard InChI is InChI=1S/C18H21N3O/c1-18(2,13-19)16-8-6-14(7-9-16)15-11-20-21(12-15)17-5-3-4-10-22-17/h6-9,11-12,17H,3-5,10H2,1-2H3/t17-/m0/s1. The lowest BCUT2D eigenvalue weighted by molar-refractivity contribution is -0.0394. The van der Waals surface area contributed by atoms with Crippen LogP contribution in [0.4, 0.5) is 0 Å². The van der Waals surface area contributed by atoms with Crippen LogP contribution in [-0.2, 0) is 10.2 Å². The Balaban J connectivity index is 1.80. The predicted molar refractivity (Wildman–Crippen MR) is 85.1 cm³/mol. The molecule has 0 N–H and O–H groups in total. The fraction of sp³-hybridized carbons (Fsp3) is 0.444. The van der Waals surface area contributed by atoms with Crippen LogP contribution in [0.3, 0.4) is 0 Å². The van der Waals surface area contributed by atoms with Crippen molar-refractivity contribution in [2.75, 3.05) is 6.61 Å². The van der Waals surface area contributed by atoms with Crippen molar-refractivity contribution in [3.8, 4) is 17.2 Å². The van der Waals surface area contributed by atoms with E-state index in [0.29, 0.717) is 0 Å². The van der Waals surface area contributed by atoms with Crippen molar-refractivity contribution >= 4 is 0 Å². The molecule has 1 aromatic heterocycles. The third kappa shape index (κ3) is 2.90. The summed E-state index contributed by atoms with van der Waals surface area (Å²) in [5, 5.41) is 13.6. The van der Waals surface area contributed by atoms with Crippen molar-refractivity contribution in [3.63, 3.8) is 0 Å². The van der Waals surface area contributed by atoms with Crippen LogP contribution in [0.2, 0.25) is 0 Å². The molecule has 1 saturated heterocycles. The van der Waals surface area contributed by atoms with Gasteiger partial charge in [-0.3, -0.25) is 0 Å². The van der Waals surface area contributed by atoms with Crippen LogP contribution in [-0.4, -0.2) is 16.4 Å². The molecule has 1 aromatic carbocycles. The molecule has 1 aliphatic rings. The maximum absolute atomic E-state index is 9.20. The highest BCUT2D eigenvalue weighted by atomic mass is 16.5. The number of benzene rings is 1. The van der Waals surface area contributed by atoms with Crippen molar-refractivity contribution in [1.82, 2.24) is 9.78 Å². The summed E-state index contributed by atoms with van der Waals surface area (Å²) in [4.78, 5) is 0.